The number of ether oxygens (including phenoxy) is 1. The van der Waals surface area contributed by atoms with Crippen LogP contribution < -0.4 is 10.2 Å². The van der Waals surface area contributed by atoms with Crippen molar-refractivity contribution < 1.29 is 40.4 Å². The molecule has 39 heavy (non-hydrogen) atoms. The Balaban J connectivity index is 1.60. The minimum Gasteiger partial charge on any atom is -0.451 e. The van der Waals surface area contributed by atoms with Crippen molar-refractivity contribution in [1.82, 2.24) is 19.1 Å². The van der Waals surface area contributed by atoms with Gasteiger partial charge in [-0.2, -0.15) is 8.61 Å². The Hall–Kier alpha value is -3.21. The van der Waals surface area contributed by atoms with Crippen LogP contribution in [0.25, 0.3) is 0 Å². The molecule has 2 N–H and O–H groups in total. The first-order valence-corrected chi connectivity index (χ1v) is 14.6. The third-order valence-corrected chi connectivity index (χ3v) is 9.77. The summed E-state index contributed by atoms with van der Waals surface area (Å²) in [5, 5.41) is 9.56. The summed E-state index contributed by atoms with van der Waals surface area (Å²) in [6.45, 7) is -1.55. The summed E-state index contributed by atoms with van der Waals surface area (Å²) < 4.78 is 89.0. The summed E-state index contributed by atoms with van der Waals surface area (Å²) in [7, 11) is -8.77. The molecule has 1 saturated heterocycles. The molecule has 2 aromatic carbocycles. The van der Waals surface area contributed by atoms with Gasteiger partial charge in [0, 0.05) is 37.1 Å². The third kappa shape index (κ3) is 6.34. The number of carbonyl (C=O) groups is 1. The molecule has 208 valence electrons. The van der Waals surface area contributed by atoms with Crippen LogP contribution in [0.3, 0.4) is 0 Å². The van der Waals surface area contributed by atoms with Crippen LogP contribution in [0, 0.1) is 11.6 Å². The molecule has 11 nitrogen and oxygen atoms in total. The minimum atomic E-state index is -4.76. The van der Waals surface area contributed by atoms with Crippen LogP contribution in [-0.2, 0) is 30.6 Å². The number of rotatable bonds is 8. The van der Waals surface area contributed by atoms with Crippen molar-refractivity contribution in [2.24, 2.45) is 0 Å². The van der Waals surface area contributed by atoms with Crippen LogP contribution in [0.4, 0.5) is 8.78 Å². The number of nitrogens with zero attached hydrogens (tertiary/aromatic N) is 3. The summed E-state index contributed by atoms with van der Waals surface area (Å²) >= 11 is 5.78. The molecule has 1 amide bonds. The molecule has 1 fully saturated rings. The van der Waals surface area contributed by atoms with Gasteiger partial charge in [0.1, 0.15) is 11.8 Å². The molecular formula is C23H21ClF2N4O7S2. The molecule has 1 atom stereocenters. The highest BCUT2D eigenvalue weighted by atomic mass is 35.5. The summed E-state index contributed by atoms with van der Waals surface area (Å²) in [5.74, 6) is -5.19. The normalized spacial score (nSPS) is 17.1. The molecule has 1 aliphatic heterocycles. The number of hydrogen-bond donors (Lipinski definition) is 2. The van der Waals surface area contributed by atoms with Crippen LogP contribution in [0.5, 0.6) is 11.5 Å². The standard InChI is InChI=1S/C23H21ClF2N4O7S2/c24-16-1-3-17(4-2-16)37-22-19(25)11-18(12-20(22)26)39(35,36)30-10-9-29(13-21(30)23(31)28-32)38(33,34)14-15-5-7-27-8-6-15/h1-8,11-12,21,32H,9-10,13-14H2,(H,28,31)/t21-/m0/s1. The van der Waals surface area contributed by atoms with Crippen molar-refractivity contribution in [3.05, 3.63) is 83.1 Å². The van der Waals surface area contributed by atoms with Crippen molar-refractivity contribution in [2.75, 3.05) is 19.6 Å². The van der Waals surface area contributed by atoms with Crippen molar-refractivity contribution in [2.45, 2.75) is 16.7 Å². The van der Waals surface area contributed by atoms with E-state index in [-0.39, 0.29) is 12.3 Å². The zero-order valence-corrected chi connectivity index (χ0v) is 22.3. The highest BCUT2D eigenvalue weighted by Crippen LogP contribution is 2.32. The SMILES string of the molecule is O=C(NO)[C@@H]1CN(S(=O)(=O)Cc2ccncc2)CCN1S(=O)(=O)c1cc(F)c(Oc2ccc(Cl)cc2)c(F)c1. The monoisotopic (exact) mass is 602 g/mol. The number of benzene rings is 2. The van der Waals surface area contributed by atoms with Crippen LogP contribution >= 0.6 is 11.6 Å². The number of halogens is 3. The van der Waals surface area contributed by atoms with Gasteiger partial charge in [-0.1, -0.05) is 11.6 Å². The lowest BCUT2D eigenvalue weighted by Crippen LogP contribution is -2.61. The van der Waals surface area contributed by atoms with Gasteiger partial charge in [0.15, 0.2) is 17.4 Å². The van der Waals surface area contributed by atoms with E-state index in [0.29, 0.717) is 27.0 Å². The maximum atomic E-state index is 14.8. The van der Waals surface area contributed by atoms with Crippen molar-refractivity contribution in [3.8, 4) is 11.5 Å². The maximum absolute atomic E-state index is 14.8. The molecule has 0 spiro atoms. The number of nitrogens with one attached hydrogen (secondary N) is 1. The van der Waals surface area contributed by atoms with E-state index < -0.39 is 73.1 Å². The Labute approximate surface area is 227 Å². The first kappa shape index (κ1) is 28.8. The average Bonchev–Trinajstić information content (AvgIpc) is 2.91. The number of carbonyl (C=O) groups excluding carboxylic acids is 1. The van der Waals surface area contributed by atoms with Crippen LogP contribution in [0.15, 0.2) is 65.8 Å². The fourth-order valence-electron chi connectivity index (χ4n) is 3.89. The van der Waals surface area contributed by atoms with Gasteiger partial charge >= 0.3 is 0 Å². The van der Waals surface area contributed by atoms with E-state index in [0.717, 1.165) is 4.31 Å². The van der Waals surface area contributed by atoms with Crippen LogP contribution in [-0.4, -0.2) is 67.2 Å². The van der Waals surface area contributed by atoms with Gasteiger partial charge in [-0.05, 0) is 54.1 Å². The summed E-state index contributed by atoms with van der Waals surface area (Å²) in [4.78, 5) is 15.4. The molecular weight excluding hydrogens is 582 g/mol. The van der Waals surface area contributed by atoms with Crippen LogP contribution in [0.2, 0.25) is 5.02 Å². The van der Waals surface area contributed by atoms with E-state index in [1.165, 1.54) is 54.3 Å². The molecule has 0 aliphatic carbocycles. The van der Waals surface area contributed by atoms with E-state index in [9.17, 15) is 35.6 Å². The number of aromatic nitrogens is 1. The van der Waals surface area contributed by atoms with Gasteiger partial charge < -0.3 is 4.74 Å². The highest BCUT2D eigenvalue weighted by Gasteiger charge is 2.43. The lowest BCUT2D eigenvalue weighted by atomic mass is 10.2. The number of hydrogen-bond acceptors (Lipinski definition) is 8. The quantitative estimate of drug-likeness (QED) is 0.295. The average molecular weight is 603 g/mol. The molecule has 16 heteroatoms. The molecule has 2 heterocycles. The molecule has 0 saturated carbocycles. The van der Waals surface area contributed by atoms with Gasteiger partial charge in [-0.25, -0.2) is 31.1 Å². The lowest BCUT2D eigenvalue weighted by molar-refractivity contribution is -0.134. The Morgan fingerprint density at radius 2 is 1.67 bits per heavy atom. The summed E-state index contributed by atoms with van der Waals surface area (Å²) in [5.41, 5.74) is 1.73. The van der Waals surface area contributed by atoms with E-state index >= 15 is 0 Å². The minimum absolute atomic E-state index is 0.0385. The number of piperazine rings is 1. The van der Waals surface area contributed by atoms with Gasteiger partial charge in [0.05, 0.1) is 10.6 Å². The predicted molar refractivity (Wildman–Crippen MR) is 134 cm³/mol. The first-order valence-electron chi connectivity index (χ1n) is 11.2. The highest BCUT2D eigenvalue weighted by molar-refractivity contribution is 7.89. The number of hydroxylamine groups is 1. The summed E-state index contributed by atoms with van der Waals surface area (Å²) in [6.07, 6.45) is 2.81. The van der Waals surface area contributed by atoms with E-state index in [1.807, 2.05) is 0 Å². The molecule has 0 radical (unpaired) electrons. The first-order chi connectivity index (χ1) is 18.4. The zero-order valence-electron chi connectivity index (χ0n) is 19.9. The molecule has 3 aromatic rings. The topological polar surface area (TPSA) is 146 Å². The number of pyridine rings is 1. The van der Waals surface area contributed by atoms with Crippen molar-refractivity contribution >= 4 is 37.6 Å². The zero-order chi connectivity index (χ0) is 28.4. The van der Waals surface area contributed by atoms with Gasteiger partial charge in [0.2, 0.25) is 20.0 Å². The largest absolute Gasteiger partial charge is 0.451 e. The Morgan fingerprint density at radius 3 is 2.26 bits per heavy atom. The fraction of sp³-hybridized carbons (Fsp3) is 0.217. The van der Waals surface area contributed by atoms with E-state index in [4.69, 9.17) is 16.3 Å². The predicted octanol–water partition coefficient (Wildman–Crippen LogP) is 2.52. The Morgan fingerprint density at radius 1 is 1.05 bits per heavy atom. The number of amides is 1. The van der Waals surface area contributed by atoms with Gasteiger partial charge in [-0.3, -0.25) is 15.0 Å². The maximum Gasteiger partial charge on any atom is 0.263 e. The molecule has 4 rings (SSSR count). The Kier molecular flexibility index (Phi) is 8.48. The lowest BCUT2D eigenvalue weighted by Gasteiger charge is -2.38. The molecule has 0 bridgehead atoms. The Bertz CT molecular complexity index is 1550. The smallest absolute Gasteiger partial charge is 0.263 e. The van der Waals surface area contributed by atoms with Gasteiger partial charge in [0.25, 0.3) is 5.91 Å². The summed E-state index contributed by atoms with van der Waals surface area (Å²) in [6, 6.07) is 7.83. The van der Waals surface area contributed by atoms with Crippen molar-refractivity contribution in [3.63, 3.8) is 0 Å². The second-order valence-corrected chi connectivity index (χ2v) is 12.6. The van der Waals surface area contributed by atoms with Gasteiger partial charge in [-0.15, -0.1) is 0 Å². The third-order valence-electron chi connectivity index (χ3n) is 5.81. The van der Waals surface area contributed by atoms with E-state index in [1.54, 1.807) is 0 Å². The second kappa shape index (κ2) is 11.5. The molecule has 1 aromatic heterocycles. The second-order valence-electron chi connectivity index (χ2n) is 8.35. The molecule has 0 unspecified atom stereocenters. The number of sulfonamides is 2. The van der Waals surface area contributed by atoms with Crippen molar-refractivity contribution in [1.29, 1.82) is 0 Å². The fourth-order valence-corrected chi connectivity index (χ4v) is 7.13. The van der Waals surface area contributed by atoms with E-state index in [2.05, 4.69) is 4.98 Å². The molecule has 1 aliphatic rings. The van der Waals surface area contributed by atoms with Crippen LogP contribution in [0.1, 0.15) is 5.56 Å².